The Morgan fingerprint density at radius 1 is 1.00 bits per heavy atom. The average molecular weight is 238 g/mol. The highest BCUT2D eigenvalue weighted by atomic mass is 15.1. The number of hydrogen-bond acceptors (Lipinski definition) is 3. The Hall–Kier alpha value is -2.23. The van der Waals surface area contributed by atoms with E-state index in [0.29, 0.717) is 6.04 Å². The van der Waals surface area contributed by atoms with E-state index >= 15 is 0 Å². The predicted octanol–water partition coefficient (Wildman–Crippen LogP) is 3.07. The Morgan fingerprint density at radius 2 is 1.78 bits per heavy atom. The summed E-state index contributed by atoms with van der Waals surface area (Å²) in [5.74, 6) is 0. The Kier molecular flexibility index (Phi) is 2.55. The van der Waals surface area contributed by atoms with Gasteiger partial charge in [0.25, 0.3) is 0 Å². The zero-order valence-corrected chi connectivity index (χ0v) is 10.4. The van der Waals surface area contributed by atoms with Crippen LogP contribution in [0.3, 0.4) is 0 Å². The molecule has 0 spiro atoms. The summed E-state index contributed by atoms with van der Waals surface area (Å²) >= 11 is 0. The molecule has 0 atom stereocenters. The molecule has 4 nitrogen and oxygen atoms in total. The van der Waals surface area contributed by atoms with Crippen molar-refractivity contribution < 1.29 is 0 Å². The maximum Gasteiger partial charge on any atom is 0.164 e. The lowest BCUT2D eigenvalue weighted by atomic mass is 10.1. The monoisotopic (exact) mass is 238 g/mol. The van der Waals surface area contributed by atoms with E-state index < -0.39 is 0 Å². The van der Waals surface area contributed by atoms with Gasteiger partial charge in [-0.2, -0.15) is 0 Å². The van der Waals surface area contributed by atoms with Gasteiger partial charge in [0.15, 0.2) is 5.65 Å². The molecular weight excluding hydrogens is 224 g/mol. The molecule has 0 unspecified atom stereocenters. The fourth-order valence-electron chi connectivity index (χ4n) is 2.04. The highest BCUT2D eigenvalue weighted by Crippen LogP contribution is 2.24. The maximum absolute atomic E-state index is 4.45. The molecule has 0 radical (unpaired) electrons. The van der Waals surface area contributed by atoms with Crippen molar-refractivity contribution in [1.29, 1.82) is 0 Å². The Morgan fingerprint density at radius 3 is 2.50 bits per heavy atom. The predicted molar refractivity (Wildman–Crippen MR) is 71.1 cm³/mol. The number of hydrogen-bond donors (Lipinski definition) is 0. The zero-order chi connectivity index (χ0) is 12.5. The number of fused-ring (bicyclic) bond motifs is 1. The van der Waals surface area contributed by atoms with Gasteiger partial charge in [0.05, 0.1) is 6.33 Å². The van der Waals surface area contributed by atoms with Crippen LogP contribution in [0.15, 0.2) is 43.0 Å². The van der Waals surface area contributed by atoms with Crippen LogP contribution in [-0.2, 0) is 0 Å². The molecule has 4 heteroatoms. The van der Waals surface area contributed by atoms with Crippen LogP contribution >= 0.6 is 0 Å². The molecule has 0 aliphatic rings. The topological polar surface area (TPSA) is 43.6 Å². The van der Waals surface area contributed by atoms with Crippen LogP contribution < -0.4 is 0 Å². The van der Waals surface area contributed by atoms with E-state index in [2.05, 4.69) is 33.4 Å². The van der Waals surface area contributed by atoms with Crippen LogP contribution in [-0.4, -0.2) is 19.5 Å². The van der Waals surface area contributed by atoms with Gasteiger partial charge in [-0.3, -0.25) is 0 Å². The van der Waals surface area contributed by atoms with Gasteiger partial charge in [-0.05, 0) is 13.8 Å². The van der Waals surface area contributed by atoms with Crippen LogP contribution in [0.1, 0.15) is 19.9 Å². The number of aromatic nitrogens is 4. The lowest BCUT2D eigenvalue weighted by Crippen LogP contribution is -2.00. The van der Waals surface area contributed by atoms with Gasteiger partial charge in [0, 0.05) is 11.6 Å². The van der Waals surface area contributed by atoms with Gasteiger partial charge in [0.1, 0.15) is 17.5 Å². The van der Waals surface area contributed by atoms with Crippen molar-refractivity contribution in [3.05, 3.63) is 43.0 Å². The van der Waals surface area contributed by atoms with E-state index in [1.807, 2.05) is 36.7 Å². The second-order valence-corrected chi connectivity index (χ2v) is 4.51. The van der Waals surface area contributed by atoms with Crippen molar-refractivity contribution in [2.45, 2.75) is 19.9 Å². The van der Waals surface area contributed by atoms with Crippen LogP contribution in [0.4, 0.5) is 0 Å². The van der Waals surface area contributed by atoms with Crippen LogP contribution in [0.5, 0.6) is 0 Å². The Bertz CT molecular complexity index is 671. The summed E-state index contributed by atoms with van der Waals surface area (Å²) in [7, 11) is 0. The van der Waals surface area contributed by atoms with Gasteiger partial charge in [-0.1, -0.05) is 30.3 Å². The van der Waals surface area contributed by atoms with E-state index in [1.54, 1.807) is 6.33 Å². The van der Waals surface area contributed by atoms with E-state index in [1.165, 1.54) is 0 Å². The molecule has 3 aromatic rings. The summed E-state index contributed by atoms with van der Waals surface area (Å²) in [6.45, 7) is 4.23. The second-order valence-electron chi connectivity index (χ2n) is 4.51. The van der Waals surface area contributed by atoms with E-state index in [9.17, 15) is 0 Å². The molecule has 1 aromatic carbocycles. The Balaban J connectivity index is 2.26. The summed E-state index contributed by atoms with van der Waals surface area (Å²) in [6.07, 6.45) is 3.43. The largest absolute Gasteiger partial charge is 0.313 e. The molecule has 90 valence electrons. The van der Waals surface area contributed by atoms with Crippen molar-refractivity contribution in [2.24, 2.45) is 0 Å². The molecule has 0 N–H and O–H groups in total. The fraction of sp³-hybridized carbons (Fsp3) is 0.214. The van der Waals surface area contributed by atoms with E-state index in [0.717, 1.165) is 22.4 Å². The highest BCUT2D eigenvalue weighted by molar-refractivity contribution is 5.86. The third kappa shape index (κ3) is 1.66. The minimum atomic E-state index is 0.341. The van der Waals surface area contributed by atoms with Crippen LogP contribution in [0.2, 0.25) is 0 Å². The smallest absolute Gasteiger partial charge is 0.164 e. The number of rotatable bonds is 2. The Labute approximate surface area is 105 Å². The minimum absolute atomic E-state index is 0.341. The fourth-order valence-corrected chi connectivity index (χ4v) is 2.04. The molecule has 18 heavy (non-hydrogen) atoms. The molecule has 0 amide bonds. The molecule has 0 bridgehead atoms. The summed E-state index contributed by atoms with van der Waals surface area (Å²) in [5.41, 5.74) is 3.70. The molecular formula is C14H14N4. The normalized spacial score (nSPS) is 11.3. The number of nitrogens with zero attached hydrogens (tertiary/aromatic N) is 4. The van der Waals surface area contributed by atoms with Gasteiger partial charge in [-0.25, -0.2) is 15.0 Å². The van der Waals surface area contributed by atoms with Crippen molar-refractivity contribution in [1.82, 2.24) is 19.5 Å². The lowest BCUT2D eigenvalue weighted by molar-refractivity contribution is 0.612. The number of imidazole rings is 1. The average Bonchev–Trinajstić information content (AvgIpc) is 2.83. The first-order chi connectivity index (χ1) is 8.77. The quantitative estimate of drug-likeness (QED) is 0.689. The number of benzene rings is 1. The molecule has 0 saturated heterocycles. The summed E-state index contributed by atoms with van der Waals surface area (Å²) < 4.78 is 2.06. The molecule has 0 aliphatic carbocycles. The van der Waals surface area contributed by atoms with E-state index in [-0.39, 0.29) is 0 Å². The summed E-state index contributed by atoms with van der Waals surface area (Å²) in [5, 5.41) is 0. The SMILES string of the molecule is CC(C)n1cnc2c(-c3ccccc3)ncnc21. The first-order valence-corrected chi connectivity index (χ1v) is 6.00. The lowest BCUT2D eigenvalue weighted by Gasteiger charge is -2.07. The van der Waals surface area contributed by atoms with Gasteiger partial charge < -0.3 is 4.57 Å². The molecule has 3 rings (SSSR count). The zero-order valence-electron chi connectivity index (χ0n) is 10.4. The van der Waals surface area contributed by atoms with Crippen LogP contribution in [0.25, 0.3) is 22.4 Å². The van der Waals surface area contributed by atoms with Crippen molar-refractivity contribution in [3.8, 4) is 11.3 Å². The summed E-state index contributed by atoms with van der Waals surface area (Å²) in [4.78, 5) is 13.2. The van der Waals surface area contributed by atoms with Crippen molar-refractivity contribution in [2.75, 3.05) is 0 Å². The van der Waals surface area contributed by atoms with Crippen LogP contribution in [0, 0.1) is 0 Å². The van der Waals surface area contributed by atoms with Crippen molar-refractivity contribution >= 4 is 11.2 Å². The first kappa shape index (κ1) is 10.9. The molecule has 2 heterocycles. The van der Waals surface area contributed by atoms with E-state index in [4.69, 9.17) is 0 Å². The highest BCUT2D eigenvalue weighted by Gasteiger charge is 2.12. The maximum atomic E-state index is 4.45. The standard InChI is InChI=1S/C14H14N4/c1-10(2)18-9-17-13-12(15-8-16-14(13)18)11-6-4-3-5-7-11/h3-10H,1-2H3. The summed E-state index contributed by atoms with van der Waals surface area (Å²) in [6, 6.07) is 10.4. The molecule has 2 aromatic heterocycles. The van der Waals surface area contributed by atoms with Crippen molar-refractivity contribution in [3.63, 3.8) is 0 Å². The molecule has 0 fully saturated rings. The third-order valence-corrected chi connectivity index (χ3v) is 2.96. The van der Waals surface area contributed by atoms with Gasteiger partial charge >= 0.3 is 0 Å². The first-order valence-electron chi connectivity index (χ1n) is 6.00. The molecule has 0 saturated carbocycles. The van der Waals surface area contributed by atoms with Gasteiger partial charge in [-0.15, -0.1) is 0 Å². The third-order valence-electron chi connectivity index (χ3n) is 2.96. The second kappa shape index (κ2) is 4.22. The minimum Gasteiger partial charge on any atom is -0.313 e. The molecule has 0 aliphatic heterocycles. The van der Waals surface area contributed by atoms with Gasteiger partial charge in [0.2, 0.25) is 0 Å².